The molecule has 1 aromatic carbocycles. The maximum absolute atomic E-state index is 11.9. The molecular weight excluding hydrogens is 261 g/mol. The van der Waals surface area contributed by atoms with Crippen LogP contribution in [0, 0.1) is 0 Å². The second-order valence-electron chi connectivity index (χ2n) is 3.45. The van der Waals surface area contributed by atoms with Gasteiger partial charge in [0, 0.05) is 24.3 Å². The van der Waals surface area contributed by atoms with Gasteiger partial charge in [-0.2, -0.15) is 5.10 Å². The van der Waals surface area contributed by atoms with Gasteiger partial charge in [0.05, 0.1) is 10.6 Å². The molecule has 0 aliphatic rings. The lowest BCUT2D eigenvalue weighted by atomic mass is 10.2. The molecule has 0 radical (unpaired) electrons. The van der Waals surface area contributed by atoms with Gasteiger partial charge in [-0.1, -0.05) is 23.2 Å². The Bertz CT molecular complexity index is 566. The number of rotatable bonds is 2. The first-order valence-electron chi connectivity index (χ1n) is 4.82. The van der Waals surface area contributed by atoms with Crippen molar-refractivity contribution in [2.45, 2.75) is 0 Å². The maximum atomic E-state index is 11.9. The van der Waals surface area contributed by atoms with Crippen LogP contribution in [0.4, 0.5) is 5.82 Å². The zero-order chi connectivity index (χ0) is 12.4. The lowest BCUT2D eigenvalue weighted by molar-refractivity contribution is 0.102. The second-order valence-corrected chi connectivity index (χ2v) is 4.30. The minimum Gasteiger partial charge on any atom is -0.305 e. The van der Waals surface area contributed by atoms with Crippen LogP contribution in [0.3, 0.4) is 0 Å². The number of hydrogen-bond acceptors (Lipinski definition) is 2. The van der Waals surface area contributed by atoms with E-state index in [2.05, 4.69) is 10.4 Å². The average molecular weight is 270 g/mol. The summed E-state index contributed by atoms with van der Waals surface area (Å²) in [7, 11) is 1.77. The Balaban J connectivity index is 2.22. The molecule has 0 spiro atoms. The van der Waals surface area contributed by atoms with Crippen LogP contribution in [0.5, 0.6) is 0 Å². The van der Waals surface area contributed by atoms with Gasteiger partial charge in [0.2, 0.25) is 0 Å². The van der Waals surface area contributed by atoms with Gasteiger partial charge in [-0.15, -0.1) is 0 Å². The van der Waals surface area contributed by atoms with Crippen LogP contribution < -0.4 is 5.32 Å². The van der Waals surface area contributed by atoms with E-state index in [4.69, 9.17) is 23.2 Å². The van der Waals surface area contributed by atoms with Crippen molar-refractivity contribution >= 4 is 34.9 Å². The van der Waals surface area contributed by atoms with Gasteiger partial charge in [-0.05, 0) is 18.2 Å². The Morgan fingerprint density at radius 1 is 1.35 bits per heavy atom. The first-order chi connectivity index (χ1) is 8.06. The number of amides is 1. The molecule has 1 aromatic heterocycles. The minimum atomic E-state index is -0.337. The molecule has 0 bridgehead atoms. The topological polar surface area (TPSA) is 46.9 Å². The third kappa shape index (κ3) is 2.78. The van der Waals surface area contributed by atoms with Crippen molar-refractivity contribution < 1.29 is 4.79 Å². The van der Waals surface area contributed by atoms with Gasteiger partial charge in [-0.3, -0.25) is 9.48 Å². The van der Waals surface area contributed by atoms with E-state index < -0.39 is 0 Å². The van der Waals surface area contributed by atoms with E-state index in [1.54, 1.807) is 36.1 Å². The summed E-state index contributed by atoms with van der Waals surface area (Å²) in [5, 5.41) is 7.48. The first-order valence-corrected chi connectivity index (χ1v) is 5.58. The van der Waals surface area contributed by atoms with Gasteiger partial charge < -0.3 is 5.32 Å². The molecule has 4 nitrogen and oxygen atoms in total. The van der Waals surface area contributed by atoms with Crippen molar-refractivity contribution in [1.82, 2.24) is 9.78 Å². The normalized spacial score (nSPS) is 10.3. The molecule has 2 aromatic rings. The van der Waals surface area contributed by atoms with Crippen molar-refractivity contribution in [1.29, 1.82) is 0 Å². The third-order valence-electron chi connectivity index (χ3n) is 2.13. The Kier molecular flexibility index (Phi) is 3.36. The first kappa shape index (κ1) is 12.0. The van der Waals surface area contributed by atoms with Crippen LogP contribution in [0.1, 0.15) is 10.4 Å². The number of aromatic nitrogens is 2. The average Bonchev–Trinajstić information content (AvgIpc) is 2.67. The maximum Gasteiger partial charge on any atom is 0.258 e. The zero-order valence-electron chi connectivity index (χ0n) is 8.95. The molecule has 0 aliphatic heterocycles. The number of hydrogen-bond donors (Lipinski definition) is 1. The molecule has 2 rings (SSSR count). The Morgan fingerprint density at radius 2 is 2.12 bits per heavy atom. The number of nitrogens with one attached hydrogen (secondary N) is 1. The summed E-state index contributed by atoms with van der Waals surface area (Å²) in [6.45, 7) is 0. The van der Waals surface area contributed by atoms with Crippen LogP contribution in [0.15, 0.2) is 30.5 Å². The monoisotopic (exact) mass is 269 g/mol. The fraction of sp³-hybridized carbons (Fsp3) is 0.0909. The summed E-state index contributed by atoms with van der Waals surface area (Å²) in [4.78, 5) is 11.9. The summed E-state index contributed by atoms with van der Waals surface area (Å²) >= 11 is 11.7. The van der Waals surface area contributed by atoms with E-state index in [9.17, 15) is 4.79 Å². The molecule has 0 aliphatic carbocycles. The summed E-state index contributed by atoms with van der Waals surface area (Å²) in [6, 6.07) is 6.41. The number of anilines is 1. The summed E-state index contributed by atoms with van der Waals surface area (Å²) < 4.78 is 1.59. The van der Waals surface area contributed by atoms with Gasteiger partial charge in [0.1, 0.15) is 0 Å². The summed E-state index contributed by atoms with van der Waals surface area (Å²) in [5.41, 5.74) is 0.324. The molecule has 0 unspecified atom stereocenters. The van der Waals surface area contributed by atoms with E-state index >= 15 is 0 Å². The number of halogens is 2. The fourth-order valence-electron chi connectivity index (χ4n) is 1.34. The molecule has 88 valence electrons. The van der Waals surface area contributed by atoms with Crippen molar-refractivity contribution in [2.75, 3.05) is 5.32 Å². The molecule has 17 heavy (non-hydrogen) atoms. The number of nitrogens with zero attached hydrogens (tertiary/aromatic N) is 2. The number of carbonyl (C=O) groups excluding carboxylic acids is 1. The summed E-state index contributed by atoms with van der Waals surface area (Å²) in [6.07, 6.45) is 1.73. The molecule has 1 N–H and O–H groups in total. The molecular formula is C11H9Cl2N3O. The van der Waals surface area contributed by atoms with Crippen molar-refractivity contribution in [3.63, 3.8) is 0 Å². The molecule has 0 saturated carbocycles. The van der Waals surface area contributed by atoms with Crippen molar-refractivity contribution in [2.24, 2.45) is 7.05 Å². The third-order valence-corrected chi connectivity index (χ3v) is 2.69. The van der Waals surface area contributed by atoms with Gasteiger partial charge in [-0.25, -0.2) is 0 Å². The molecule has 6 heteroatoms. The second kappa shape index (κ2) is 4.77. The smallest absolute Gasteiger partial charge is 0.258 e. The minimum absolute atomic E-state index is 0.324. The van der Waals surface area contributed by atoms with Gasteiger partial charge >= 0.3 is 0 Å². The Hall–Kier alpha value is -1.52. The number of benzene rings is 1. The molecule has 0 fully saturated rings. The van der Waals surface area contributed by atoms with E-state index in [-0.39, 0.29) is 5.91 Å². The van der Waals surface area contributed by atoms with Gasteiger partial charge in [0.15, 0.2) is 5.82 Å². The highest BCUT2D eigenvalue weighted by atomic mass is 35.5. The quantitative estimate of drug-likeness (QED) is 0.911. The fourth-order valence-corrected chi connectivity index (χ4v) is 1.71. The SMILES string of the molecule is Cn1ccc(NC(=O)c2cc(Cl)ccc2Cl)n1. The number of carbonyl (C=O) groups is 1. The van der Waals surface area contributed by atoms with Crippen LogP contribution >= 0.6 is 23.2 Å². The lowest BCUT2D eigenvalue weighted by Gasteiger charge is -2.04. The molecule has 1 amide bonds. The Morgan fingerprint density at radius 3 is 2.76 bits per heavy atom. The van der Waals surface area contributed by atoms with Crippen molar-refractivity contribution in [3.8, 4) is 0 Å². The highest BCUT2D eigenvalue weighted by Crippen LogP contribution is 2.21. The standard InChI is InChI=1S/C11H9Cl2N3O/c1-16-5-4-10(15-16)14-11(17)8-6-7(12)2-3-9(8)13/h2-6H,1H3,(H,14,15,17). The summed E-state index contributed by atoms with van der Waals surface area (Å²) in [5.74, 6) is 0.129. The van der Waals surface area contributed by atoms with Gasteiger partial charge in [0.25, 0.3) is 5.91 Å². The van der Waals surface area contributed by atoms with Crippen molar-refractivity contribution in [3.05, 3.63) is 46.1 Å². The van der Waals surface area contributed by atoms with Crippen LogP contribution in [0.25, 0.3) is 0 Å². The predicted octanol–water partition coefficient (Wildman–Crippen LogP) is 2.98. The van der Waals surface area contributed by atoms with Crippen LogP contribution in [-0.2, 0) is 7.05 Å². The van der Waals surface area contributed by atoms with Crippen LogP contribution in [0.2, 0.25) is 10.0 Å². The van der Waals surface area contributed by atoms with E-state index in [0.717, 1.165) is 0 Å². The van der Waals surface area contributed by atoms with E-state index in [1.807, 2.05) is 0 Å². The largest absolute Gasteiger partial charge is 0.305 e. The van der Waals surface area contributed by atoms with E-state index in [0.29, 0.717) is 21.4 Å². The molecule has 0 saturated heterocycles. The zero-order valence-corrected chi connectivity index (χ0v) is 10.5. The van der Waals surface area contributed by atoms with Crippen LogP contribution in [-0.4, -0.2) is 15.7 Å². The predicted molar refractivity (Wildman–Crippen MR) is 67.6 cm³/mol. The Labute approximate surface area is 108 Å². The highest BCUT2D eigenvalue weighted by molar-refractivity contribution is 6.36. The molecule has 0 atom stereocenters. The number of aryl methyl sites for hydroxylation is 1. The van der Waals surface area contributed by atoms with E-state index in [1.165, 1.54) is 6.07 Å². The lowest BCUT2D eigenvalue weighted by Crippen LogP contribution is -2.13. The highest BCUT2D eigenvalue weighted by Gasteiger charge is 2.12. The molecule has 1 heterocycles.